The van der Waals surface area contributed by atoms with Crippen LogP contribution in [0.25, 0.3) is 0 Å². The zero-order valence-corrected chi connectivity index (χ0v) is 12.2. The Hall–Kier alpha value is -1.18. The predicted octanol–water partition coefficient (Wildman–Crippen LogP) is 4.92. The van der Waals surface area contributed by atoms with E-state index < -0.39 is 31.1 Å². The van der Waals surface area contributed by atoms with Crippen LogP contribution >= 0.6 is 11.8 Å². The van der Waals surface area contributed by atoms with Crippen molar-refractivity contribution < 1.29 is 31.1 Å². The quantitative estimate of drug-likeness (QED) is 0.492. The minimum Gasteiger partial charge on any atom is -0.282 e. The third kappa shape index (κ3) is 4.66. The van der Waals surface area contributed by atoms with Crippen molar-refractivity contribution in [3.8, 4) is 0 Å². The summed E-state index contributed by atoms with van der Waals surface area (Å²) in [7, 11) is 0. The standard InChI is InChI=1S/C14H14F6OS/c15-9-13(17,18)14(19,20)11(16)7-4-8-22-12(21)10-5-2-1-3-6-10/h1-3,5-6,11H,4,7-9H2. The first-order valence-corrected chi connectivity index (χ1v) is 7.39. The van der Waals surface area contributed by atoms with Crippen molar-refractivity contribution in [1.82, 2.24) is 0 Å². The molecular formula is C14H14F6OS. The first kappa shape index (κ1) is 18.9. The summed E-state index contributed by atoms with van der Waals surface area (Å²) < 4.78 is 76.3. The van der Waals surface area contributed by atoms with Gasteiger partial charge in [0.15, 0.2) is 12.8 Å². The molecule has 0 fully saturated rings. The SMILES string of the molecule is O=C(SCCCC(F)C(F)(F)C(F)(F)CF)c1ccccc1. The summed E-state index contributed by atoms with van der Waals surface area (Å²) in [4.78, 5) is 11.6. The third-order valence-electron chi connectivity index (χ3n) is 2.89. The molecule has 0 heterocycles. The van der Waals surface area contributed by atoms with Crippen molar-refractivity contribution in [3.63, 3.8) is 0 Å². The Morgan fingerprint density at radius 3 is 2.27 bits per heavy atom. The van der Waals surface area contributed by atoms with Gasteiger partial charge in [0.2, 0.25) is 5.12 Å². The maximum absolute atomic E-state index is 13.2. The van der Waals surface area contributed by atoms with Crippen molar-refractivity contribution in [1.29, 1.82) is 0 Å². The molecule has 0 radical (unpaired) electrons. The lowest BCUT2D eigenvalue weighted by Gasteiger charge is -2.27. The van der Waals surface area contributed by atoms with Gasteiger partial charge in [-0.3, -0.25) is 4.79 Å². The fourth-order valence-electron chi connectivity index (χ4n) is 1.58. The lowest BCUT2D eigenvalue weighted by Crippen LogP contribution is -2.49. The summed E-state index contributed by atoms with van der Waals surface area (Å²) >= 11 is 0.783. The number of halogens is 6. The van der Waals surface area contributed by atoms with Gasteiger partial charge in [-0.05, 0) is 12.8 Å². The van der Waals surface area contributed by atoms with E-state index in [4.69, 9.17) is 0 Å². The van der Waals surface area contributed by atoms with Gasteiger partial charge in [-0.25, -0.2) is 8.78 Å². The minimum atomic E-state index is -5.06. The Morgan fingerprint density at radius 1 is 1.14 bits per heavy atom. The molecule has 0 spiro atoms. The van der Waals surface area contributed by atoms with E-state index in [1.54, 1.807) is 30.3 Å². The van der Waals surface area contributed by atoms with Crippen LogP contribution in [0.3, 0.4) is 0 Å². The molecule has 0 bridgehead atoms. The van der Waals surface area contributed by atoms with E-state index in [2.05, 4.69) is 0 Å². The average molecular weight is 344 g/mol. The van der Waals surface area contributed by atoms with E-state index in [-0.39, 0.29) is 17.3 Å². The van der Waals surface area contributed by atoms with Crippen LogP contribution in [0.4, 0.5) is 26.3 Å². The van der Waals surface area contributed by atoms with Crippen molar-refractivity contribution in [2.45, 2.75) is 30.9 Å². The fourth-order valence-corrected chi connectivity index (χ4v) is 2.38. The molecule has 0 aliphatic carbocycles. The molecule has 0 aliphatic rings. The number of thioether (sulfide) groups is 1. The molecule has 1 unspecified atom stereocenters. The average Bonchev–Trinajstić information content (AvgIpc) is 2.51. The van der Waals surface area contributed by atoms with E-state index in [9.17, 15) is 31.1 Å². The van der Waals surface area contributed by atoms with Gasteiger partial charge in [0.05, 0.1) is 0 Å². The molecule has 8 heteroatoms. The van der Waals surface area contributed by atoms with E-state index in [1.807, 2.05) is 0 Å². The zero-order chi connectivity index (χ0) is 16.8. The smallest absolute Gasteiger partial charge is 0.282 e. The monoisotopic (exact) mass is 344 g/mol. The molecule has 0 amide bonds. The summed E-state index contributed by atoms with van der Waals surface area (Å²) in [5.74, 6) is -10.1. The second kappa shape index (κ2) is 7.89. The normalized spacial score (nSPS) is 13.9. The highest BCUT2D eigenvalue weighted by molar-refractivity contribution is 8.14. The first-order valence-electron chi connectivity index (χ1n) is 6.40. The predicted molar refractivity (Wildman–Crippen MR) is 73.2 cm³/mol. The fraction of sp³-hybridized carbons (Fsp3) is 0.500. The largest absolute Gasteiger partial charge is 0.343 e. The number of carbonyl (C=O) groups excluding carboxylic acids is 1. The maximum atomic E-state index is 13.2. The van der Waals surface area contributed by atoms with E-state index in [0.717, 1.165) is 11.8 Å². The second-order valence-electron chi connectivity index (χ2n) is 4.57. The van der Waals surface area contributed by atoms with Crippen LogP contribution in [-0.2, 0) is 0 Å². The van der Waals surface area contributed by atoms with Gasteiger partial charge >= 0.3 is 11.8 Å². The highest BCUT2D eigenvalue weighted by Crippen LogP contribution is 2.40. The minimum absolute atomic E-state index is 0.00538. The summed E-state index contributed by atoms with van der Waals surface area (Å²) in [5.41, 5.74) is 0.401. The van der Waals surface area contributed by atoms with Gasteiger partial charge in [-0.1, -0.05) is 42.1 Å². The molecule has 124 valence electrons. The first-order chi connectivity index (χ1) is 10.2. The topological polar surface area (TPSA) is 17.1 Å². The molecule has 22 heavy (non-hydrogen) atoms. The maximum Gasteiger partial charge on any atom is 0.343 e. The van der Waals surface area contributed by atoms with Crippen LogP contribution < -0.4 is 0 Å². The van der Waals surface area contributed by atoms with Gasteiger partial charge in [-0.15, -0.1) is 0 Å². The Morgan fingerprint density at radius 2 is 1.73 bits per heavy atom. The number of alkyl halides is 6. The molecule has 0 N–H and O–H groups in total. The van der Waals surface area contributed by atoms with Gasteiger partial charge < -0.3 is 0 Å². The molecule has 0 aromatic heterocycles. The summed E-state index contributed by atoms with van der Waals surface area (Å²) in [6.45, 7) is -2.62. The van der Waals surface area contributed by atoms with Gasteiger partial charge in [-0.2, -0.15) is 17.6 Å². The molecule has 0 saturated carbocycles. The number of benzene rings is 1. The van der Waals surface area contributed by atoms with E-state index >= 15 is 0 Å². The summed E-state index contributed by atoms with van der Waals surface area (Å²) in [5, 5.41) is -0.322. The van der Waals surface area contributed by atoms with Crippen molar-refractivity contribution >= 4 is 16.9 Å². The number of hydrogen-bond acceptors (Lipinski definition) is 2. The van der Waals surface area contributed by atoms with Crippen LogP contribution in [0, 0.1) is 0 Å². The molecule has 0 saturated heterocycles. The number of carbonyl (C=O) groups is 1. The van der Waals surface area contributed by atoms with Crippen LogP contribution in [0.1, 0.15) is 23.2 Å². The van der Waals surface area contributed by atoms with E-state index in [0.29, 0.717) is 5.56 Å². The molecular weight excluding hydrogens is 330 g/mol. The van der Waals surface area contributed by atoms with Gasteiger partial charge in [0, 0.05) is 11.3 Å². The lowest BCUT2D eigenvalue weighted by molar-refractivity contribution is -0.244. The number of rotatable bonds is 8. The molecule has 0 aliphatic heterocycles. The van der Waals surface area contributed by atoms with Crippen LogP contribution in [0.2, 0.25) is 0 Å². The van der Waals surface area contributed by atoms with Crippen molar-refractivity contribution in [2.75, 3.05) is 12.4 Å². The Bertz CT molecular complexity index is 479. The molecule has 1 atom stereocenters. The zero-order valence-electron chi connectivity index (χ0n) is 11.4. The van der Waals surface area contributed by atoms with Crippen LogP contribution in [0.15, 0.2) is 30.3 Å². The van der Waals surface area contributed by atoms with Crippen molar-refractivity contribution in [3.05, 3.63) is 35.9 Å². The number of hydrogen-bond donors (Lipinski definition) is 0. The Kier molecular flexibility index (Phi) is 6.77. The summed E-state index contributed by atoms with van der Waals surface area (Å²) in [6, 6.07) is 8.12. The highest BCUT2D eigenvalue weighted by atomic mass is 32.2. The van der Waals surface area contributed by atoms with Crippen LogP contribution in [0.5, 0.6) is 0 Å². The lowest BCUT2D eigenvalue weighted by atomic mass is 10.0. The molecule has 1 aromatic rings. The summed E-state index contributed by atoms with van der Waals surface area (Å²) in [6.07, 6.45) is -4.24. The van der Waals surface area contributed by atoms with Crippen molar-refractivity contribution in [2.24, 2.45) is 0 Å². The van der Waals surface area contributed by atoms with E-state index in [1.165, 1.54) is 0 Å². The van der Waals surface area contributed by atoms with Crippen LogP contribution in [-0.4, -0.2) is 35.6 Å². The third-order valence-corrected chi connectivity index (χ3v) is 3.88. The highest BCUT2D eigenvalue weighted by Gasteiger charge is 2.61. The molecule has 1 rings (SSSR count). The van der Waals surface area contributed by atoms with Gasteiger partial charge in [0.1, 0.15) is 0 Å². The van der Waals surface area contributed by atoms with Gasteiger partial charge in [0.25, 0.3) is 0 Å². The second-order valence-corrected chi connectivity index (χ2v) is 5.64. The Balaban J connectivity index is 2.40. The molecule has 1 nitrogen and oxygen atoms in total. The Labute approximate surface area is 128 Å². The molecule has 1 aromatic carbocycles.